The first kappa shape index (κ1) is 14.4. The van der Waals surface area contributed by atoms with E-state index in [1.165, 1.54) is 19.4 Å². The summed E-state index contributed by atoms with van der Waals surface area (Å²) in [5.74, 6) is 0.533. The lowest BCUT2D eigenvalue weighted by molar-refractivity contribution is -0.120. The van der Waals surface area contributed by atoms with E-state index in [9.17, 15) is 4.79 Å². The number of nitrogens with zero attached hydrogens (tertiary/aromatic N) is 2. The van der Waals surface area contributed by atoms with Crippen molar-refractivity contribution in [2.75, 3.05) is 47.3 Å². The van der Waals surface area contributed by atoms with Gasteiger partial charge in [0.15, 0.2) is 0 Å². The van der Waals surface area contributed by atoms with E-state index in [0.29, 0.717) is 0 Å². The van der Waals surface area contributed by atoms with Gasteiger partial charge in [0.1, 0.15) is 0 Å². The van der Waals surface area contributed by atoms with Crippen LogP contribution >= 0.6 is 0 Å². The van der Waals surface area contributed by atoms with Gasteiger partial charge in [-0.25, -0.2) is 0 Å². The molecule has 1 aliphatic rings. The second-order valence-corrected chi connectivity index (χ2v) is 5.25. The summed E-state index contributed by atoms with van der Waals surface area (Å²) < 4.78 is 0. The zero-order valence-electron chi connectivity index (χ0n) is 11.3. The molecule has 1 saturated heterocycles. The Morgan fingerprint density at radius 1 is 1.47 bits per heavy atom. The Morgan fingerprint density at radius 3 is 2.47 bits per heavy atom. The summed E-state index contributed by atoms with van der Waals surface area (Å²) in [5.41, 5.74) is 5.32. The van der Waals surface area contributed by atoms with Crippen LogP contribution in [0.4, 0.5) is 0 Å². The molecule has 0 spiro atoms. The van der Waals surface area contributed by atoms with Crippen LogP contribution in [0, 0.1) is 5.92 Å². The number of likely N-dealkylation sites (N-methyl/N-ethyl adjacent to an activating group) is 1. The Morgan fingerprint density at radius 2 is 2.06 bits per heavy atom. The van der Waals surface area contributed by atoms with E-state index < -0.39 is 0 Å². The summed E-state index contributed by atoms with van der Waals surface area (Å²) in [4.78, 5) is 15.7. The molecule has 100 valence electrons. The van der Waals surface area contributed by atoms with Gasteiger partial charge in [-0.3, -0.25) is 4.79 Å². The second kappa shape index (κ2) is 6.93. The fourth-order valence-electron chi connectivity index (χ4n) is 2.45. The highest BCUT2D eigenvalue weighted by atomic mass is 16.1. The van der Waals surface area contributed by atoms with Crippen molar-refractivity contribution in [2.45, 2.75) is 18.9 Å². The monoisotopic (exact) mass is 242 g/mol. The van der Waals surface area contributed by atoms with Crippen LogP contribution in [0.1, 0.15) is 12.8 Å². The largest absolute Gasteiger partial charge is 0.368 e. The van der Waals surface area contributed by atoms with Crippen molar-refractivity contribution in [1.29, 1.82) is 0 Å². The number of rotatable bonds is 6. The van der Waals surface area contributed by atoms with Crippen LogP contribution in [0.15, 0.2) is 0 Å². The number of nitrogens with one attached hydrogen (secondary N) is 1. The highest BCUT2D eigenvalue weighted by Gasteiger charge is 2.23. The Hall–Kier alpha value is -0.650. The quantitative estimate of drug-likeness (QED) is 0.649. The maximum absolute atomic E-state index is 11.1. The number of hydrogen-bond donors (Lipinski definition) is 2. The number of hydrogen-bond acceptors (Lipinski definition) is 4. The molecule has 1 atom stereocenters. The smallest absolute Gasteiger partial charge is 0.235 e. The summed E-state index contributed by atoms with van der Waals surface area (Å²) in [5, 5.41) is 2.97. The first-order chi connectivity index (χ1) is 8.02. The van der Waals surface area contributed by atoms with Crippen molar-refractivity contribution in [3.8, 4) is 0 Å². The highest BCUT2D eigenvalue weighted by Crippen LogP contribution is 2.17. The molecule has 1 rings (SSSR count). The Balaban J connectivity index is 2.29. The van der Waals surface area contributed by atoms with E-state index in [1.54, 1.807) is 7.05 Å². The van der Waals surface area contributed by atoms with Crippen LogP contribution in [0.25, 0.3) is 0 Å². The molecule has 1 heterocycles. The Labute approximate surface area is 104 Å². The van der Waals surface area contributed by atoms with Crippen LogP contribution < -0.4 is 11.1 Å². The van der Waals surface area contributed by atoms with E-state index in [0.717, 1.165) is 25.6 Å². The maximum atomic E-state index is 11.1. The summed E-state index contributed by atoms with van der Waals surface area (Å²) in [6, 6.07) is -0.222. The van der Waals surface area contributed by atoms with Crippen LogP contribution in [-0.4, -0.2) is 69.1 Å². The number of primary amides is 1. The number of amides is 1. The number of carbonyl (C=O) groups is 1. The van der Waals surface area contributed by atoms with Crippen LogP contribution in [-0.2, 0) is 4.79 Å². The van der Waals surface area contributed by atoms with Crippen molar-refractivity contribution in [3.05, 3.63) is 0 Å². The molecule has 0 bridgehead atoms. The number of carbonyl (C=O) groups excluding carboxylic acids is 1. The lowest BCUT2D eigenvalue weighted by Crippen LogP contribution is -2.49. The topological polar surface area (TPSA) is 61.6 Å². The lowest BCUT2D eigenvalue weighted by Gasteiger charge is -2.34. The molecule has 0 aromatic carbocycles. The lowest BCUT2D eigenvalue weighted by atomic mass is 9.96. The molecule has 1 amide bonds. The van der Waals surface area contributed by atoms with Crippen LogP contribution in [0.3, 0.4) is 0 Å². The molecule has 1 aliphatic heterocycles. The molecule has 5 heteroatoms. The van der Waals surface area contributed by atoms with E-state index in [2.05, 4.69) is 29.2 Å². The summed E-state index contributed by atoms with van der Waals surface area (Å²) in [6.45, 7) is 4.05. The standard InChI is InChI=1S/C12H26N4O/c1-14-11(12(13)17)9-16-6-4-10(5-7-16)8-15(2)3/h10-11,14H,4-9H2,1-3H3,(H2,13,17). The maximum Gasteiger partial charge on any atom is 0.235 e. The SMILES string of the molecule is CNC(CN1CCC(CN(C)C)CC1)C(N)=O. The summed E-state index contributed by atoms with van der Waals surface area (Å²) in [7, 11) is 6.03. The van der Waals surface area contributed by atoms with Gasteiger partial charge in [-0.05, 0) is 53.0 Å². The molecule has 3 N–H and O–H groups in total. The molecule has 0 aromatic heterocycles. The van der Waals surface area contributed by atoms with Gasteiger partial charge in [0.2, 0.25) is 5.91 Å². The summed E-state index contributed by atoms with van der Waals surface area (Å²) >= 11 is 0. The Bertz CT molecular complexity index is 237. The molecular formula is C12H26N4O. The zero-order valence-corrected chi connectivity index (χ0v) is 11.3. The van der Waals surface area contributed by atoms with Gasteiger partial charge >= 0.3 is 0 Å². The third kappa shape index (κ3) is 5.02. The van der Waals surface area contributed by atoms with Gasteiger partial charge in [0.05, 0.1) is 6.04 Å². The molecule has 1 fully saturated rings. The zero-order chi connectivity index (χ0) is 12.8. The van der Waals surface area contributed by atoms with Crippen LogP contribution in [0.2, 0.25) is 0 Å². The minimum Gasteiger partial charge on any atom is -0.368 e. The van der Waals surface area contributed by atoms with Gasteiger partial charge in [-0.1, -0.05) is 0 Å². The van der Waals surface area contributed by atoms with Gasteiger partial charge in [-0.2, -0.15) is 0 Å². The average Bonchev–Trinajstić information content (AvgIpc) is 2.26. The molecule has 1 unspecified atom stereocenters. The van der Waals surface area contributed by atoms with Gasteiger partial charge in [0.25, 0.3) is 0 Å². The number of piperidine rings is 1. The third-order valence-electron chi connectivity index (χ3n) is 3.46. The highest BCUT2D eigenvalue weighted by molar-refractivity contribution is 5.80. The normalized spacial score (nSPS) is 20.7. The predicted molar refractivity (Wildman–Crippen MR) is 69.8 cm³/mol. The molecule has 0 radical (unpaired) electrons. The van der Waals surface area contributed by atoms with E-state index in [-0.39, 0.29) is 11.9 Å². The number of nitrogens with two attached hydrogens (primary N) is 1. The minimum absolute atomic E-state index is 0.222. The summed E-state index contributed by atoms with van der Waals surface area (Å²) in [6.07, 6.45) is 2.43. The molecule has 17 heavy (non-hydrogen) atoms. The fourth-order valence-corrected chi connectivity index (χ4v) is 2.45. The molecule has 0 aromatic rings. The van der Waals surface area contributed by atoms with Gasteiger partial charge in [0, 0.05) is 13.1 Å². The van der Waals surface area contributed by atoms with Crippen molar-refractivity contribution in [3.63, 3.8) is 0 Å². The number of likely N-dealkylation sites (tertiary alicyclic amines) is 1. The minimum atomic E-state index is -0.261. The molecule has 0 saturated carbocycles. The van der Waals surface area contributed by atoms with Crippen molar-refractivity contribution >= 4 is 5.91 Å². The predicted octanol–water partition coefficient (Wildman–Crippen LogP) is -0.667. The second-order valence-electron chi connectivity index (χ2n) is 5.25. The first-order valence-electron chi connectivity index (χ1n) is 6.36. The van der Waals surface area contributed by atoms with Crippen molar-refractivity contribution < 1.29 is 4.79 Å². The molecule has 0 aliphatic carbocycles. The van der Waals surface area contributed by atoms with Crippen molar-refractivity contribution in [2.24, 2.45) is 11.7 Å². The van der Waals surface area contributed by atoms with Gasteiger partial charge in [-0.15, -0.1) is 0 Å². The van der Waals surface area contributed by atoms with Gasteiger partial charge < -0.3 is 20.9 Å². The molecule has 5 nitrogen and oxygen atoms in total. The van der Waals surface area contributed by atoms with E-state index in [1.807, 2.05) is 0 Å². The fraction of sp³-hybridized carbons (Fsp3) is 0.917. The van der Waals surface area contributed by atoms with E-state index >= 15 is 0 Å². The molecular weight excluding hydrogens is 216 g/mol. The van der Waals surface area contributed by atoms with E-state index in [4.69, 9.17) is 5.73 Å². The van der Waals surface area contributed by atoms with Crippen LogP contribution in [0.5, 0.6) is 0 Å². The Kier molecular flexibility index (Phi) is 5.88. The average molecular weight is 242 g/mol. The first-order valence-corrected chi connectivity index (χ1v) is 6.36. The van der Waals surface area contributed by atoms with Crippen molar-refractivity contribution in [1.82, 2.24) is 15.1 Å². The third-order valence-corrected chi connectivity index (χ3v) is 3.46.